The van der Waals surface area contributed by atoms with E-state index in [9.17, 15) is 18.0 Å². The molecule has 33 heavy (non-hydrogen) atoms. The second-order valence-electron chi connectivity index (χ2n) is 8.02. The molecule has 10 heteroatoms. The Hall–Kier alpha value is -3.82. The first-order valence-electron chi connectivity index (χ1n) is 10.3. The highest BCUT2D eigenvalue weighted by Crippen LogP contribution is 2.30. The lowest BCUT2D eigenvalue weighted by Crippen LogP contribution is -2.34. The van der Waals surface area contributed by atoms with Gasteiger partial charge in [0.1, 0.15) is 11.5 Å². The smallest absolute Gasteiger partial charge is 0.280 e. The molecule has 0 N–H and O–H groups in total. The van der Waals surface area contributed by atoms with E-state index < -0.39 is 23.5 Å². The second-order valence-corrected chi connectivity index (χ2v) is 8.02. The number of rotatable bonds is 3. The third-order valence-electron chi connectivity index (χ3n) is 5.94. The summed E-state index contributed by atoms with van der Waals surface area (Å²) in [5.74, 6) is 0.157. The molecule has 0 bridgehead atoms. The highest BCUT2D eigenvalue weighted by Gasteiger charge is 2.24. The molecule has 0 amide bonds. The van der Waals surface area contributed by atoms with E-state index in [4.69, 9.17) is 0 Å². The summed E-state index contributed by atoms with van der Waals surface area (Å²) in [4.78, 5) is 26.9. The van der Waals surface area contributed by atoms with E-state index in [-0.39, 0.29) is 5.65 Å². The van der Waals surface area contributed by atoms with Gasteiger partial charge in [0.2, 0.25) is 0 Å². The van der Waals surface area contributed by atoms with E-state index >= 15 is 0 Å². The number of alkyl halides is 2. The summed E-state index contributed by atoms with van der Waals surface area (Å²) in [6.45, 7) is 4.68. The van der Waals surface area contributed by atoms with Crippen molar-refractivity contribution in [3.8, 4) is 11.1 Å². The van der Waals surface area contributed by atoms with Crippen LogP contribution < -0.4 is 10.5 Å². The molecule has 4 aromatic rings. The topological polar surface area (TPSA) is 76.3 Å². The number of anilines is 1. The molecule has 1 aliphatic heterocycles. The number of aromatic nitrogens is 5. The van der Waals surface area contributed by atoms with Crippen LogP contribution in [0.3, 0.4) is 0 Å². The summed E-state index contributed by atoms with van der Waals surface area (Å²) in [5.41, 5.74) is 3.56. The molecule has 0 radical (unpaired) electrons. The predicted molar refractivity (Wildman–Crippen MR) is 116 cm³/mol. The normalized spacial score (nSPS) is 13.6. The standard InChI is InChI=1S/C23H19F3N6O/c1-12-13(2)23(30-32-20(33)7-19(21(25)26)29-22(12)32)31-4-3-18-16(11-31)5-14(9-28-18)15-6-17(24)10-27-8-15/h5-10,21H,3-4,11H2,1-2H3. The minimum absolute atomic E-state index is 0.124. The minimum Gasteiger partial charge on any atom is -0.350 e. The zero-order valence-electron chi connectivity index (χ0n) is 17.9. The van der Waals surface area contributed by atoms with Crippen molar-refractivity contribution < 1.29 is 13.2 Å². The van der Waals surface area contributed by atoms with Crippen LogP contribution in [0.4, 0.5) is 19.0 Å². The zero-order chi connectivity index (χ0) is 23.3. The van der Waals surface area contributed by atoms with Gasteiger partial charge in [-0.05, 0) is 31.5 Å². The Morgan fingerprint density at radius 3 is 2.58 bits per heavy atom. The maximum Gasteiger partial charge on any atom is 0.280 e. The van der Waals surface area contributed by atoms with Crippen LogP contribution >= 0.6 is 0 Å². The van der Waals surface area contributed by atoms with E-state index in [1.54, 1.807) is 19.3 Å². The number of fused-ring (bicyclic) bond motifs is 2. The summed E-state index contributed by atoms with van der Waals surface area (Å²) in [5, 5.41) is 4.47. The van der Waals surface area contributed by atoms with Gasteiger partial charge in [0.15, 0.2) is 11.5 Å². The van der Waals surface area contributed by atoms with E-state index in [1.807, 2.05) is 17.9 Å². The van der Waals surface area contributed by atoms with Gasteiger partial charge >= 0.3 is 0 Å². The van der Waals surface area contributed by atoms with E-state index in [0.717, 1.165) is 39.2 Å². The second kappa shape index (κ2) is 7.95. The third-order valence-corrected chi connectivity index (χ3v) is 5.94. The first-order chi connectivity index (χ1) is 15.8. The van der Waals surface area contributed by atoms with E-state index in [2.05, 4.69) is 20.1 Å². The Bertz CT molecular complexity index is 1450. The molecule has 0 saturated heterocycles. The maximum atomic E-state index is 13.6. The van der Waals surface area contributed by atoms with Crippen molar-refractivity contribution in [1.82, 2.24) is 24.6 Å². The Balaban J connectivity index is 1.55. The van der Waals surface area contributed by atoms with Crippen molar-refractivity contribution in [2.75, 3.05) is 11.4 Å². The van der Waals surface area contributed by atoms with Gasteiger partial charge in [-0.15, -0.1) is 5.10 Å². The number of aryl methyl sites for hydroxylation is 1. The number of pyridine rings is 2. The van der Waals surface area contributed by atoms with Crippen molar-refractivity contribution >= 4 is 11.5 Å². The molecular formula is C23H19F3N6O. The van der Waals surface area contributed by atoms with Crippen LogP contribution in [0, 0.1) is 19.7 Å². The minimum atomic E-state index is -2.84. The van der Waals surface area contributed by atoms with E-state index in [0.29, 0.717) is 36.5 Å². The highest BCUT2D eigenvalue weighted by molar-refractivity contribution is 5.64. The lowest BCUT2D eigenvalue weighted by molar-refractivity contribution is 0.146. The van der Waals surface area contributed by atoms with Gasteiger partial charge in [0, 0.05) is 65.9 Å². The van der Waals surface area contributed by atoms with Crippen LogP contribution in [0.2, 0.25) is 0 Å². The fourth-order valence-electron chi connectivity index (χ4n) is 4.09. The molecule has 0 unspecified atom stereocenters. The van der Waals surface area contributed by atoms with Crippen molar-refractivity contribution in [1.29, 1.82) is 0 Å². The first-order valence-corrected chi connectivity index (χ1v) is 10.3. The molecule has 0 spiro atoms. The number of hydrogen-bond acceptors (Lipinski definition) is 6. The molecular weight excluding hydrogens is 433 g/mol. The fourth-order valence-corrected chi connectivity index (χ4v) is 4.09. The highest BCUT2D eigenvalue weighted by atomic mass is 19.3. The van der Waals surface area contributed by atoms with E-state index in [1.165, 1.54) is 6.07 Å². The largest absolute Gasteiger partial charge is 0.350 e. The van der Waals surface area contributed by atoms with Gasteiger partial charge in [-0.1, -0.05) is 0 Å². The van der Waals surface area contributed by atoms with Crippen LogP contribution in [0.1, 0.15) is 34.5 Å². The van der Waals surface area contributed by atoms with Gasteiger partial charge in [0.25, 0.3) is 12.0 Å². The molecule has 4 aromatic heterocycles. The molecule has 5 rings (SSSR count). The van der Waals surface area contributed by atoms with Crippen molar-refractivity contribution in [3.63, 3.8) is 0 Å². The van der Waals surface area contributed by atoms with Crippen LogP contribution in [-0.2, 0) is 13.0 Å². The summed E-state index contributed by atoms with van der Waals surface area (Å²) in [6.07, 6.45) is 2.26. The Morgan fingerprint density at radius 1 is 1.03 bits per heavy atom. The Morgan fingerprint density at radius 2 is 1.82 bits per heavy atom. The molecule has 168 valence electrons. The SMILES string of the molecule is Cc1c(N2CCc3ncc(-c4cncc(F)c4)cc3C2)nn2c(=O)cc(C(F)F)nc2c1C. The Kier molecular flexibility index (Phi) is 5.07. The lowest BCUT2D eigenvalue weighted by atomic mass is 10.0. The summed E-state index contributed by atoms with van der Waals surface area (Å²) < 4.78 is 40.9. The molecule has 0 aromatic carbocycles. The summed E-state index contributed by atoms with van der Waals surface area (Å²) >= 11 is 0. The quantitative estimate of drug-likeness (QED) is 0.471. The first kappa shape index (κ1) is 21.0. The fraction of sp³-hybridized carbons (Fsp3) is 0.261. The van der Waals surface area contributed by atoms with Crippen LogP contribution in [-0.4, -0.2) is 31.1 Å². The van der Waals surface area contributed by atoms with Crippen molar-refractivity contribution in [2.24, 2.45) is 0 Å². The van der Waals surface area contributed by atoms with Gasteiger partial charge in [-0.25, -0.2) is 18.2 Å². The molecule has 0 saturated carbocycles. The molecule has 0 atom stereocenters. The third kappa shape index (κ3) is 3.71. The van der Waals surface area contributed by atoms with Gasteiger partial charge in [-0.2, -0.15) is 4.52 Å². The number of halogens is 3. The maximum absolute atomic E-state index is 13.6. The van der Waals surface area contributed by atoms with Gasteiger partial charge in [0.05, 0.1) is 6.20 Å². The average molecular weight is 452 g/mol. The van der Waals surface area contributed by atoms with Crippen LogP contribution in [0.15, 0.2) is 41.6 Å². The summed E-state index contributed by atoms with van der Waals surface area (Å²) in [7, 11) is 0. The molecule has 0 fully saturated rings. The van der Waals surface area contributed by atoms with Crippen LogP contribution in [0.25, 0.3) is 16.8 Å². The molecule has 7 nitrogen and oxygen atoms in total. The van der Waals surface area contributed by atoms with Crippen molar-refractivity contribution in [3.05, 3.63) is 81.0 Å². The predicted octanol–water partition coefficient (Wildman–Crippen LogP) is 3.80. The molecule has 1 aliphatic rings. The number of nitrogens with zero attached hydrogens (tertiary/aromatic N) is 6. The van der Waals surface area contributed by atoms with Gasteiger partial charge in [-0.3, -0.25) is 14.8 Å². The zero-order valence-corrected chi connectivity index (χ0v) is 17.9. The number of hydrogen-bond donors (Lipinski definition) is 0. The van der Waals surface area contributed by atoms with Gasteiger partial charge < -0.3 is 4.90 Å². The molecule has 0 aliphatic carbocycles. The molecule has 5 heterocycles. The van der Waals surface area contributed by atoms with Crippen LogP contribution in [0.5, 0.6) is 0 Å². The Labute approximate surface area is 186 Å². The van der Waals surface area contributed by atoms with Crippen molar-refractivity contribution in [2.45, 2.75) is 33.2 Å². The average Bonchev–Trinajstić information content (AvgIpc) is 2.80. The lowest BCUT2D eigenvalue weighted by Gasteiger charge is -2.31. The monoisotopic (exact) mass is 452 g/mol. The summed E-state index contributed by atoms with van der Waals surface area (Å²) in [6, 6.07) is 4.18.